The number of nitrogens with one attached hydrogen (secondary N) is 1. The van der Waals surface area contributed by atoms with Gasteiger partial charge in [0.1, 0.15) is 5.82 Å². The van der Waals surface area contributed by atoms with Gasteiger partial charge in [0.15, 0.2) is 11.5 Å². The maximum atomic E-state index is 13.1. The van der Waals surface area contributed by atoms with Crippen LogP contribution in [0.3, 0.4) is 0 Å². The summed E-state index contributed by atoms with van der Waals surface area (Å²) in [6.07, 6.45) is -8.29. The average molecular weight is 324 g/mol. The molecule has 1 aliphatic heterocycles. The van der Waals surface area contributed by atoms with E-state index in [-0.39, 0.29) is 16.4 Å². The molecule has 0 atom stereocenters. The van der Waals surface area contributed by atoms with Crippen molar-refractivity contribution in [1.82, 2.24) is 10.2 Å². The van der Waals surface area contributed by atoms with Crippen molar-refractivity contribution in [2.24, 2.45) is 0 Å². The van der Waals surface area contributed by atoms with Crippen molar-refractivity contribution in [2.45, 2.75) is 12.2 Å². The van der Waals surface area contributed by atoms with Crippen LogP contribution in [0.25, 0.3) is 11.1 Å². The van der Waals surface area contributed by atoms with Crippen molar-refractivity contribution in [3.05, 3.63) is 23.4 Å². The molecule has 0 aliphatic carbocycles. The van der Waals surface area contributed by atoms with Crippen molar-refractivity contribution in [1.29, 1.82) is 0 Å². The van der Waals surface area contributed by atoms with Crippen LogP contribution in [-0.4, -0.2) is 22.4 Å². The number of anilines is 1. The number of alkyl halides is 4. The molecule has 0 saturated carbocycles. The summed E-state index contributed by atoms with van der Waals surface area (Å²) in [4.78, 5) is 0. The highest BCUT2D eigenvalue weighted by atomic mass is 35.5. The van der Waals surface area contributed by atoms with E-state index in [1.807, 2.05) is 0 Å². The van der Waals surface area contributed by atoms with E-state index in [9.17, 15) is 17.6 Å². The fourth-order valence-electron chi connectivity index (χ4n) is 1.81. The first-order valence-corrected chi connectivity index (χ1v) is 5.85. The number of hydrogen-bond donors (Lipinski definition) is 2. The first-order valence-electron chi connectivity index (χ1n) is 5.48. The zero-order valence-electron chi connectivity index (χ0n) is 9.96. The minimum atomic E-state index is -4.80. The molecule has 0 amide bonds. The third-order valence-corrected chi connectivity index (χ3v) is 3.12. The number of nitrogen functional groups attached to an aromatic ring is 1. The summed E-state index contributed by atoms with van der Waals surface area (Å²) in [7, 11) is 0. The highest BCUT2D eigenvalue weighted by Crippen LogP contribution is 2.49. The molecule has 3 N–H and O–H groups in total. The molecular weight excluding hydrogens is 318 g/mol. The van der Waals surface area contributed by atoms with Gasteiger partial charge >= 0.3 is 12.2 Å². The lowest BCUT2D eigenvalue weighted by Gasteiger charge is -2.32. The monoisotopic (exact) mass is 323 g/mol. The second kappa shape index (κ2) is 4.17. The summed E-state index contributed by atoms with van der Waals surface area (Å²) >= 11 is 5.92. The summed E-state index contributed by atoms with van der Waals surface area (Å²) in [6, 6.07) is 1.98. The van der Waals surface area contributed by atoms with Gasteiger partial charge in [-0.1, -0.05) is 11.6 Å². The number of H-pyrrole nitrogens is 1. The smallest absolute Gasteiger partial charge is 0.421 e. The van der Waals surface area contributed by atoms with Crippen LogP contribution in [0.4, 0.5) is 23.4 Å². The number of hydrogen-bond acceptors (Lipinski definition) is 4. The molecule has 0 unspecified atom stereocenters. The van der Waals surface area contributed by atoms with Crippen LogP contribution in [0.1, 0.15) is 0 Å². The van der Waals surface area contributed by atoms with Crippen LogP contribution in [0.2, 0.25) is 5.02 Å². The van der Waals surface area contributed by atoms with Crippen molar-refractivity contribution in [2.75, 3.05) is 5.73 Å². The lowest BCUT2D eigenvalue weighted by Crippen LogP contribution is -2.52. The molecule has 0 saturated heterocycles. The van der Waals surface area contributed by atoms with E-state index in [4.69, 9.17) is 17.3 Å². The van der Waals surface area contributed by atoms with Gasteiger partial charge in [0, 0.05) is 17.2 Å². The number of rotatable bonds is 1. The van der Waals surface area contributed by atoms with E-state index in [1.165, 1.54) is 6.20 Å². The Morgan fingerprint density at radius 2 is 1.62 bits per heavy atom. The molecule has 0 bridgehead atoms. The topological polar surface area (TPSA) is 73.2 Å². The van der Waals surface area contributed by atoms with Crippen LogP contribution >= 0.6 is 11.6 Å². The largest absolute Gasteiger partial charge is 0.507 e. The molecule has 2 aromatic rings. The maximum Gasteiger partial charge on any atom is 0.507 e. The first-order chi connectivity index (χ1) is 9.71. The Morgan fingerprint density at radius 3 is 2.14 bits per heavy atom. The van der Waals surface area contributed by atoms with Gasteiger partial charge < -0.3 is 15.2 Å². The van der Waals surface area contributed by atoms with Gasteiger partial charge in [-0.3, -0.25) is 5.10 Å². The highest BCUT2D eigenvalue weighted by molar-refractivity contribution is 6.33. The fourth-order valence-corrected chi connectivity index (χ4v) is 2.06. The van der Waals surface area contributed by atoms with Gasteiger partial charge in [-0.05, 0) is 6.07 Å². The standard InChI is InChI=1S/C11H6ClF4N3O2/c12-6-2-8-7(20-10(13,14)11(15,16)21-8)1-4(6)5-3-18-19-9(5)17/h1-3H,(H3,17,18,19). The van der Waals surface area contributed by atoms with Gasteiger partial charge in [0.05, 0.1) is 11.2 Å². The molecule has 0 radical (unpaired) electrons. The molecule has 1 aromatic heterocycles. The lowest BCUT2D eigenvalue weighted by atomic mass is 10.1. The number of nitrogens with zero attached hydrogens (tertiary/aromatic N) is 1. The summed E-state index contributed by atoms with van der Waals surface area (Å²) < 4.78 is 60.4. The number of halogens is 5. The number of ether oxygens (including phenoxy) is 2. The molecule has 3 rings (SSSR count). The summed E-state index contributed by atoms with van der Waals surface area (Å²) in [5.41, 5.74) is 6.10. The normalized spacial score (nSPS) is 18.5. The molecule has 5 nitrogen and oxygen atoms in total. The minimum absolute atomic E-state index is 0.0357. The molecule has 112 valence electrons. The predicted octanol–water partition coefficient (Wildman–Crippen LogP) is 3.27. The Balaban J connectivity index is 2.13. The number of aromatic nitrogens is 2. The zero-order valence-corrected chi connectivity index (χ0v) is 10.7. The Bertz CT molecular complexity index is 719. The van der Waals surface area contributed by atoms with Gasteiger partial charge in [-0.15, -0.1) is 0 Å². The second-order valence-electron chi connectivity index (χ2n) is 4.21. The van der Waals surface area contributed by atoms with Gasteiger partial charge in [0.25, 0.3) is 0 Å². The number of fused-ring (bicyclic) bond motifs is 1. The summed E-state index contributed by atoms with van der Waals surface area (Å²) in [5, 5.41) is 6.05. The quantitative estimate of drug-likeness (QED) is 0.790. The highest BCUT2D eigenvalue weighted by Gasteiger charge is 2.66. The summed E-state index contributed by atoms with van der Waals surface area (Å²) in [5.74, 6) is -1.04. The van der Waals surface area contributed by atoms with E-state index >= 15 is 0 Å². The molecule has 10 heteroatoms. The van der Waals surface area contributed by atoms with Crippen LogP contribution in [0.5, 0.6) is 11.5 Å². The Morgan fingerprint density at radius 1 is 1.05 bits per heavy atom. The SMILES string of the molecule is Nc1[nH]ncc1-c1cc2c(cc1Cl)OC(F)(F)C(F)(F)O2. The van der Waals surface area contributed by atoms with Crippen LogP contribution in [-0.2, 0) is 0 Å². The zero-order chi connectivity index (χ0) is 15.4. The van der Waals surface area contributed by atoms with E-state index in [1.54, 1.807) is 0 Å². The first kappa shape index (κ1) is 13.8. The van der Waals surface area contributed by atoms with Crippen molar-refractivity contribution >= 4 is 17.4 Å². The van der Waals surface area contributed by atoms with Crippen molar-refractivity contribution in [3.63, 3.8) is 0 Å². The van der Waals surface area contributed by atoms with Crippen molar-refractivity contribution < 1.29 is 27.0 Å². The van der Waals surface area contributed by atoms with E-state index in [2.05, 4.69) is 19.7 Å². The lowest BCUT2D eigenvalue weighted by molar-refractivity contribution is -0.391. The Hall–Kier alpha value is -2.16. The molecule has 21 heavy (non-hydrogen) atoms. The molecule has 1 aliphatic rings. The predicted molar refractivity (Wildman–Crippen MR) is 64.6 cm³/mol. The third-order valence-electron chi connectivity index (χ3n) is 2.81. The van der Waals surface area contributed by atoms with E-state index in [0.717, 1.165) is 12.1 Å². The van der Waals surface area contributed by atoms with Gasteiger partial charge in [-0.25, -0.2) is 0 Å². The minimum Gasteiger partial charge on any atom is -0.421 e. The maximum absolute atomic E-state index is 13.1. The summed E-state index contributed by atoms with van der Waals surface area (Å²) in [6.45, 7) is 0. The number of benzene rings is 1. The second-order valence-corrected chi connectivity index (χ2v) is 4.62. The van der Waals surface area contributed by atoms with Crippen molar-refractivity contribution in [3.8, 4) is 22.6 Å². The average Bonchev–Trinajstić information content (AvgIpc) is 2.76. The van der Waals surface area contributed by atoms with E-state index < -0.39 is 23.7 Å². The van der Waals surface area contributed by atoms with Crippen LogP contribution in [0.15, 0.2) is 18.3 Å². The van der Waals surface area contributed by atoms with Gasteiger partial charge in [-0.2, -0.15) is 22.7 Å². The van der Waals surface area contributed by atoms with Crippen LogP contribution < -0.4 is 15.2 Å². The van der Waals surface area contributed by atoms with Gasteiger partial charge in [0.2, 0.25) is 0 Å². The molecular formula is C11H6ClF4N3O2. The fraction of sp³-hybridized carbons (Fsp3) is 0.182. The molecule has 1 aromatic carbocycles. The third kappa shape index (κ3) is 2.04. The molecule has 2 heterocycles. The Kier molecular flexibility index (Phi) is 2.74. The molecule has 0 spiro atoms. The van der Waals surface area contributed by atoms with E-state index in [0.29, 0.717) is 5.56 Å². The Labute approximate surface area is 119 Å². The number of aromatic amines is 1. The number of nitrogens with two attached hydrogens (primary N) is 1. The van der Waals surface area contributed by atoms with Crippen LogP contribution in [0, 0.1) is 0 Å². The molecule has 0 fully saturated rings.